The number of allylic oxidation sites excluding steroid dienone is 3. The van der Waals surface area contributed by atoms with Crippen LogP contribution in [0.4, 0.5) is 0 Å². The van der Waals surface area contributed by atoms with E-state index >= 15 is 0 Å². The van der Waals surface area contributed by atoms with Crippen molar-refractivity contribution in [2.75, 3.05) is 0 Å². The summed E-state index contributed by atoms with van der Waals surface area (Å²) in [6, 6.07) is 4.54. The van der Waals surface area contributed by atoms with Gasteiger partial charge in [-0.05, 0) is 90.7 Å². The van der Waals surface area contributed by atoms with E-state index in [-0.39, 0.29) is 22.8 Å². The molecule has 2 heterocycles. The van der Waals surface area contributed by atoms with Gasteiger partial charge in [-0.1, -0.05) is 37.6 Å². The van der Waals surface area contributed by atoms with E-state index in [1.807, 2.05) is 17.8 Å². The lowest BCUT2D eigenvalue weighted by molar-refractivity contribution is -0.0123. The molecule has 2 aromatic rings. The van der Waals surface area contributed by atoms with Crippen molar-refractivity contribution in [3.8, 4) is 0 Å². The van der Waals surface area contributed by atoms with Crippen LogP contribution in [-0.4, -0.2) is 21.9 Å². The number of nitrogens with zero attached hydrogens (tertiary/aromatic N) is 2. The summed E-state index contributed by atoms with van der Waals surface area (Å²) in [6.45, 7) is 5.05. The molecular weight excluding hydrogens is 426 g/mol. The Kier molecular flexibility index (Phi) is 5.09. The topological polar surface area (TPSA) is 54.9 Å². The van der Waals surface area contributed by atoms with Crippen molar-refractivity contribution >= 4 is 22.8 Å². The number of hydrogen-bond acceptors (Lipinski definition) is 4. The first-order valence-electron chi connectivity index (χ1n) is 12.5. The van der Waals surface area contributed by atoms with Crippen LogP contribution in [0, 0.1) is 28.6 Å². The first kappa shape index (κ1) is 21.3. The fourth-order valence-electron chi connectivity index (χ4n) is 7.90. The molecule has 1 amide bonds. The molecule has 6 rings (SSSR count). The zero-order valence-electron chi connectivity index (χ0n) is 19.6. The van der Waals surface area contributed by atoms with Crippen LogP contribution in [0.1, 0.15) is 74.2 Å². The predicted molar refractivity (Wildman–Crippen MR) is 133 cm³/mol. The Balaban J connectivity index is 1.21. The van der Waals surface area contributed by atoms with Gasteiger partial charge in [-0.2, -0.15) is 0 Å². The summed E-state index contributed by atoms with van der Waals surface area (Å²) in [6.07, 6.45) is 18.9. The Labute approximate surface area is 200 Å². The van der Waals surface area contributed by atoms with E-state index in [4.69, 9.17) is 0 Å². The third-order valence-corrected chi connectivity index (χ3v) is 10.4. The van der Waals surface area contributed by atoms with Crippen LogP contribution in [0.2, 0.25) is 0 Å². The summed E-state index contributed by atoms with van der Waals surface area (Å²) in [5.74, 6) is 2.22. The van der Waals surface area contributed by atoms with E-state index in [9.17, 15) is 4.79 Å². The molecule has 2 fully saturated rings. The molecule has 0 radical (unpaired) electrons. The van der Waals surface area contributed by atoms with Gasteiger partial charge in [0.15, 0.2) is 5.01 Å². The van der Waals surface area contributed by atoms with Crippen LogP contribution in [-0.2, 0) is 0 Å². The van der Waals surface area contributed by atoms with Crippen molar-refractivity contribution in [3.63, 3.8) is 0 Å². The van der Waals surface area contributed by atoms with Gasteiger partial charge in [0.1, 0.15) is 0 Å². The average Bonchev–Trinajstić information content (AvgIpc) is 3.48. The summed E-state index contributed by atoms with van der Waals surface area (Å²) in [7, 11) is 0. The van der Waals surface area contributed by atoms with Gasteiger partial charge in [0, 0.05) is 30.0 Å². The highest BCUT2D eigenvalue weighted by atomic mass is 32.1. The lowest BCUT2D eigenvalue weighted by Crippen LogP contribution is -2.51. The van der Waals surface area contributed by atoms with E-state index in [1.54, 1.807) is 11.8 Å². The molecule has 2 saturated carbocycles. The Bertz CT molecular complexity index is 1110. The molecule has 0 saturated heterocycles. The Morgan fingerprint density at radius 1 is 1.09 bits per heavy atom. The van der Waals surface area contributed by atoms with Crippen molar-refractivity contribution < 1.29 is 4.79 Å². The molecule has 33 heavy (non-hydrogen) atoms. The Hall–Kier alpha value is -2.27. The van der Waals surface area contributed by atoms with Gasteiger partial charge in [-0.3, -0.25) is 9.78 Å². The number of carbonyl (C=O) groups excluding carboxylic acids is 1. The molecule has 172 valence electrons. The lowest BCUT2D eigenvalue weighted by atomic mass is 9.47. The summed E-state index contributed by atoms with van der Waals surface area (Å²) >= 11 is 1.42. The number of rotatable bonds is 3. The fraction of sp³-hybridized carbons (Fsp3) is 0.536. The first-order valence-corrected chi connectivity index (χ1v) is 13.4. The standard InChI is InChI=1S/C28H33N3OS/c1-27-11-9-20(31-25(32)26-30-14-15-33-26)16-19(27)5-6-21-23-8-7-22(18-4-3-13-29-17-18)28(23,2)12-10-24(21)27/h3-5,7,13-15,17,20-21,23-24H,6,8-12,16H2,1-2H3,(H,31,32). The average molecular weight is 460 g/mol. The van der Waals surface area contributed by atoms with E-state index < -0.39 is 0 Å². The van der Waals surface area contributed by atoms with Gasteiger partial charge in [-0.15, -0.1) is 11.3 Å². The number of thiazole rings is 1. The summed E-state index contributed by atoms with van der Waals surface area (Å²) in [4.78, 5) is 21.1. The molecule has 4 aliphatic carbocycles. The number of nitrogens with one attached hydrogen (secondary N) is 1. The number of pyridine rings is 1. The second kappa shape index (κ2) is 7.90. The van der Waals surface area contributed by atoms with Crippen LogP contribution in [0.5, 0.6) is 0 Å². The van der Waals surface area contributed by atoms with Crippen LogP contribution in [0.25, 0.3) is 5.57 Å². The number of fused-ring (bicyclic) bond motifs is 5. The smallest absolute Gasteiger partial charge is 0.280 e. The molecule has 4 nitrogen and oxygen atoms in total. The van der Waals surface area contributed by atoms with Crippen molar-refractivity contribution in [3.05, 3.63) is 64.4 Å². The fourth-order valence-corrected chi connectivity index (χ4v) is 8.44. The van der Waals surface area contributed by atoms with Crippen molar-refractivity contribution in [1.82, 2.24) is 15.3 Å². The zero-order chi connectivity index (χ0) is 22.6. The van der Waals surface area contributed by atoms with Gasteiger partial charge >= 0.3 is 0 Å². The Morgan fingerprint density at radius 3 is 2.76 bits per heavy atom. The third kappa shape index (κ3) is 3.34. The van der Waals surface area contributed by atoms with E-state index in [0.717, 1.165) is 30.6 Å². The minimum atomic E-state index is -0.0127. The predicted octanol–water partition coefficient (Wildman–Crippen LogP) is 6.29. The summed E-state index contributed by atoms with van der Waals surface area (Å²) in [5, 5.41) is 5.71. The van der Waals surface area contributed by atoms with Crippen molar-refractivity contribution in [2.45, 2.75) is 64.8 Å². The lowest BCUT2D eigenvalue weighted by Gasteiger charge is -2.58. The minimum absolute atomic E-state index is 0.0127. The van der Waals surface area contributed by atoms with Crippen LogP contribution in [0.15, 0.2) is 53.8 Å². The van der Waals surface area contributed by atoms with E-state index in [0.29, 0.717) is 5.01 Å². The normalized spacial score (nSPS) is 37.3. The minimum Gasteiger partial charge on any atom is -0.347 e. The molecule has 6 unspecified atom stereocenters. The molecular formula is C28H33N3OS. The van der Waals surface area contributed by atoms with Gasteiger partial charge in [0.2, 0.25) is 0 Å². The van der Waals surface area contributed by atoms with Gasteiger partial charge < -0.3 is 5.32 Å². The third-order valence-electron chi connectivity index (χ3n) is 9.62. The number of hydrogen-bond donors (Lipinski definition) is 1. The molecule has 1 N–H and O–H groups in total. The van der Waals surface area contributed by atoms with Crippen molar-refractivity contribution in [1.29, 1.82) is 0 Å². The van der Waals surface area contributed by atoms with E-state index in [1.165, 1.54) is 54.6 Å². The molecule has 2 aromatic heterocycles. The maximum absolute atomic E-state index is 12.6. The number of aromatic nitrogens is 2. The second-order valence-corrected chi connectivity index (χ2v) is 12.0. The molecule has 0 aliphatic heterocycles. The largest absolute Gasteiger partial charge is 0.347 e. The maximum Gasteiger partial charge on any atom is 0.280 e. The van der Waals surface area contributed by atoms with Gasteiger partial charge in [0.25, 0.3) is 5.91 Å². The number of carbonyl (C=O) groups is 1. The molecule has 4 aliphatic rings. The second-order valence-electron chi connectivity index (χ2n) is 11.1. The molecule has 5 heteroatoms. The monoisotopic (exact) mass is 459 g/mol. The molecule has 0 aromatic carbocycles. The van der Waals surface area contributed by atoms with E-state index in [2.05, 4.69) is 53.4 Å². The SMILES string of the molecule is CC12CCC(NC(=O)c3nccs3)CC1=CCC1C2CCC2(C)C(c3cccnc3)=CCC12. The van der Waals surface area contributed by atoms with Gasteiger partial charge in [-0.25, -0.2) is 4.98 Å². The van der Waals surface area contributed by atoms with Crippen LogP contribution < -0.4 is 5.32 Å². The highest BCUT2D eigenvalue weighted by Crippen LogP contribution is 2.66. The zero-order valence-corrected chi connectivity index (χ0v) is 20.4. The summed E-state index contributed by atoms with van der Waals surface area (Å²) < 4.78 is 0. The highest BCUT2D eigenvalue weighted by molar-refractivity contribution is 7.11. The van der Waals surface area contributed by atoms with Crippen LogP contribution in [0.3, 0.4) is 0 Å². The van der Waals surface area contributed by atoms with Gasteiger partial charge in [0.05, 0.1) is 0 Å². The van der Waals surface area contributed by atoms with Crippen molar-refractivity contribution in [2.24, 2.45) is 28.6 Å². The quantitative estimate of drug-likeness (QED) is 0.549. The summed E-state index contributed by atoms with van der Waals surface area (Å²) in [5.41, 5.74) is 5.00. The molecule has 0 bridgehead atoms. The Morgan fingerprint density at radius 2 is 1.97 bits per heavy atom. The maximum atomic E-state index is 12.6. The van der Waals surface area contributed by atoms with Crippen LogP contribution >= 0.6 is 11.3 Å². The first-order chi connectivity index (χ1) is 16.0. The molecule has 6 atom stereocenters. The number of amides is 1. The molecule has 0 spiro atoms. The highest BCUT2D eigenvalue weighted by Gasteiger charge is 2.56.